The first-order valence-electron chi connectivity index (χ1n) is 17.4. The number of allylic oxidation sites excluding steroid dienone is 3. The van der Waals surface area contributed by atoms with Crippen molar-refractivity contribution >= 4 is 16.9 Å². The van der Waals surface area contributed by atoms with Crippen LogP contribution >= 0.6 is 0 Å². The number of hydrogen-bond donors (Lipinski definition) is 0. The molecule has 250 valence electrons. The van der Waals surface area contributed by atoms with Crippen molar-refractivity contribution in [3.8, 4) is 6.07 Å². The Labute approximate surface area is 274 Å². The van der Waals surface area contributed by atoms with Crippen LogP contribution in [0, 0.1) is 17.2 Å². The van der Waals surface area contributed by atoms with E-state index in [1.165, 1.54) is 35.0 Å². The first-order valence-corrected chi connectivity index (χ1v) is 17.4. The molecule has 1 saturated carbocycles. The minimum atomic E-state index is -0.310. The Hall–Kier alpha value is -3.24. The second-order valence-electron chi connectivity index (χ2n) is 11.8. The fourth-order valence-electron chi connectivity index (χ4n) is 5.75. The summed E-state index contributed by atoms with van der Waals surface area (Å²) < 4.78 is 1.50. The number of piperazine rings is 1. The third kappa shape index (κ3) is 10.7. The number of nitrogens with zero attached hydrogens (tertiary/aromatic N) is 6. The molecule has 0 spiro atoms. The van der Waals surface area contributed by atoms with Crippen LogP contribution in [-0.2, 0) is 7.05 Å². The molecule has 0 radical (unpaired) electrons. The summed E-state index contributed by atoms with van der Waals surface area (Å²) in [5, 5.41) is 9.46. The first kappa shape index (κ1) is 39.8. The zero-order valence-electron chi connectivity index (χ0n) is 30.6. The summed E-state index contributed by atoms with van der Waals surface area (Å²) in [6.07, 6.45) is 11.7. The number of fused-ring (bicyclic) bond motifs is 1. The normalized spacial score (nSPS) is 18.6. The molecule has 1 aliphatic carbocycles. The van der Waals surface area contributed by atoms with E-state index in [2.05, 4.69) is 93.0 Å². The molecule has 0 bridgehead atoms. The van der Waals surface area contributed by atoms with Gasteiger partial charge in [0.15, 0.2) is 5.82 Å². The number of rotatable bonds is 9. The minimum absolute atomic E-state index is 0.159. The maximum absolute atomic E-state index is 12.8. The molecule has 0 amide bonds. The predicted molar refractivity (Wildman–Crippen MR) is 194 cm³/mol. The molecular formula is C38H62N6O. The fraction of sp³-hybridized carbons (Fsp3) is 0.632. The molecule has 3 unspecified atom stereocenters. The Morgan fingerprint density at radius 3 is 2.04 bits per heavy atom. The van der Waals surface area contributed by atoms with Crippen molar-refractivity contribution in [2.45, 2.75) is 133 Å². The number of hydrogen-bond acceptors (Lipinski definition) is 6. The van der Waals surface area contributed by atoms with Gasteiger partial charge in [-0.15, -0.1) is 0 Å². The third-order valence-electron chi connectivity index (χ3n) is 8.51. The van der Waals surface area contributed by atoms with Crippen molar-refractivity contribution in [1.29, 1.82) is 5.26 Å². The average Bonchev–Trinajstić information content (AvgIpc) is 3.91. The Balaban J connectivity index is 0.000000989. The second-order valence-corrected chi connectivity index (χ2v) is 11.8. The summed E-state index contributed by atoms with van der Waals surface area (Å²) in [5.41, 5.74) is 4.94. The Morgan fingerprint density at radius 2 is 1.60 bits per heavy atom. The molecule has 2 aromatic rings. The third-order valence-corrected chi connectivity index (χ3v) is 8.51. The molecular weight excluding hydrogens is 556 g/mol. The Morgan fingerprint density at radius 1 is 0.978 bits per heavy atom. The number of pyridine rings is 1. The van der Waals surface area contributed by atoms with Crippen molar-refractivity contribution in [3.63, 3.8) is 0 Å². The van der Waals surface area contributed by atoms with E-state index < -0.39 is 0 Å². The number of anilines is 1. The molecule has 1 saturated heterocycles. The SMILES string of the molecule is C=C(C)/C(=C\C=C(C)C)C(CC)N1CC(CC)N(c2nc(=O)n(C)c3ccc(C#N)nc23)CC1CC.CC.CC.CCC1CC1. The molecule has 2 aromatic heterocycles. The topological polar surface area (TPSA) is 78.0 Å². The zero-order valence-corrected chi connectivity index (χ0v) is 30.6. The molecule has 7 heteroatoms. The largest absolute Gasteiger partial charge is 0.349 e. The molecule has 0 aromatic carbocycles. The van der Waals surface area contributed by atoms with Crippen LogP contribution in [0.1, 0.15) is 120 Å². The van der Waals surface area contributed by atoms with Crippen LogP contribution in [0.4, 0.5) is 5.82 Å². The molecule has 3 heterocycles. The van der Waals surface area contributed by atoms with Gasteiger partial charge in [-0.2, -0.15) is 10.2 Å². The van der Waals surface area contributed by atoms with Gasteiger partial charge in [-0.25, -0.2) is 9.78 Å². The summed E-state index contributed by atoms with van der Waals surface area (Å²) >= 11 is 0. The average molecular weight is 619 g/mol. The summed E-state index contributed by atoms with van der Waals surface area (Å²) in [5.74, 6) is 1.72. The number of aromatic nitrogens is 3. The lowest BCUT2D eigenvalue weighted by molar-refractivity contribution is 0.107. The van der Waals surface area contributed by atoms with Crippen LogP contribution in [-0.4, -0.2) is 50.7 Å². The standard InChI is InChI=1S/C29H40N6O.C5H10.2C2H6/c1-9-22-18-35(28-27-26(33(8)29(36)32-28)15-13-21(16-30)31-27)23(10-2)17-34(22)25(11-3)24(20(6)7)14-12-19(4)5;1-2-5-3-4-5;2*1-2/h12-15,22-23,25H,6,9-11,17-18H2,1-5,7-8H3;5H,2-4H2,1H3;2*1-2H3/b24-14+;;;. The number of aryl methyl sites for hydroxylation is 1. The molecule has 1 aliphatic heterocycles. The Kier molecular flexibility index (Phi) is 17.7. The van der Waals surface area contributed by atoms with E-state index in [1.807, 2.05) is 27.7 Å². The van der Waals surface area contributed by atoms with Gasteiger partial charge in [-0.3, -0.25) is 9.47 Å². The predicted octanol–water partition coefficient (Wildman–Crippen LogP) is 8.99. The van der Waals surface area contributed by atoms with E-state index in [0.717, 1.165) is 43.8 Å². The lowest BCUT2D eigenvalue weighted by Gasteiger charge is -2.50. The van der Waals surface area contributed by atoms with E-state index in [9.17, 15) is 10.1 Å². The van der Waals surface area contributed by atoms with Gasteiger partial charge in [0.05, 0.1) is 5.52 Å². The highest BCUT2D eigenvalue weighted by molar-refractivity contribution is 5.86. The van der Waals surface area contributed by atoms with Crippen molar-refractivity contribution in [1.82, 2.24) is 19.4 Å². The van der Waals surface area contributed by atoms with Gasteiger partial charge in [0, 0.05) is 38.3 Å². The van der Waals surface area contributed by atoms with Gasteiger partial charge in [0.2, 0.25) is 0 Å². The first-order chi connectivity index (χ1) is 21.6. The monoisotopic (exact) mass is 618 g/mol. The van der Waals surface area contributed by atoms with Crippen LogP contribution in [0.25, 0.3) is 11.0 Å². The van der Waals surface area contributed by atoms with Crippen molar-refractivity contribution < 1.29 is 0 Å². The highest BCUT2D eigenvalue weighted by Crippen LogP contribution is 2.33. The highest BCUT2D eigenvalue weighted by Gasteiger charge is 2.38. The van der Waals surface area contributed by atoms with Gasteiger partial charge in [-0.1, -0.05) is 105 Å². The quantitative estimate of drug-likeness (QED) is 0.261. The molecule has 7 nitrogen and oxygen atoms in total. The molecule has 4 rings (SSSR count). The summed E-state index contributed by atoms with van der Waals surface area (Å²) in [4.78, 5) is 26.8. The summed E-state index contributed by atoms with van der Waals surface area (Å²) in [6, 6.07) is 6.26. The fourth-order valence-corrected chi connectivity index (χ4v) is 5.75. The Bertz CT molecular complexity index is 1370. The second kappa shape index (κ2) is 20.0. The number of nitriles is 1. The highest BCUT2D eigenvalue weighted by atomic mass is 16.1. The maximum atomic E-state index is 12.8. The van der Waals surface area contributed by atoms with Crippen LogP contribution in [0.3, 0.4) is 0 Å². The molecule has 0 N–H and O–H groups in total. The van der Waals surface area contributed by atoms with E-state index in [-0.39, 0.29) is 23.8 Å². The molecule has 2 aliphatic rings. The molecule has 2 fully saturated rings. The van der Waals surface area contributed by atoms with E-state index >= 15 is 0 Å². The lowest BCUT2D eigenvalue weighted by Crippen LogP contribution is -2.61. The van der Waals surface area contributed by atoms with E-state index in [0.29, 0.717) is 22.5 Å². The van der Waals surface area contributed by atoms with Crippen molar-refractivity contribution in [2.24, 2.45) is 13.0 Å². The van der Waals surface area contributed by atoms with Crippen LogP contribution in [0.2, 0.25) is 0 Å². The summed E-state index contributed by atoms with van der Waals surface area (Å²) in [7, 11) is 1.70. The lowest BCUT2D eigenvalue weighted by atomic mass is 9.91. The molecule has 3 atom stereocenters. The van der Waals surface area contributed by atoms with Crippen molar-refractivity contribution in [2.75, 3.05) is 18.0 Å². The van der Waals surface area contributed by atoms with Gasteiger partial charge in [-0.05, 0) is 63.7 Å². The summed E-state index contributed by atoms with van der Waals surface area (Å²) in [6.45, 7) is 29.1. The van der Waals surface area contributed by atoms with Gasteiger partial charge in [0.25, 0.3) is 0 Å². The van der Waals surface area contributed by atoms with Gasteiger partial charge < -0.3 is 4.90 Å². The molecule has 45 heavy (non-hydrogen) atoms. The van der Waals surface area contributed by atoms with E-state index in [4.69, 9.17) is 0 Å². The minimum Gasteiger partial charge on any atom is -0.349 e. The van der Waals surface area contributed by atoms with Gasteiger partial charge in [0.1, 0.15) is 17.3 Å². The van der Waals surface area contributed by atoms with E-state index in [1.54, 1.807) is 19.2 Å². The maximum Gasteiger partial charge on any atom is 0.349 e. The van der Waals surface area contributed by atoms with Gasteiger partial charge >= 0.3 is 5.69 Å². The van der Waals surface area contributed by atoms with Crippen LogP contribution in [0.15, 0.2) is 52.4 Å². The van der Waals surface area contributed by atoms with Crippen LogP contribution in [0.5, 0.6) is 0 Å². The van der Waals surface area contributed by atoms with Crippen LogP contribution < -0.4 is 10.6 Å². The zero-order chi connectivity index (χ0) is 34.3. The van der Waals surface area contributed by atoms with Crippen molar-refractivity contribution in [3.05, 3.63) is 63.8 Å². The smallest absolute Gasteiger partial charge is 0.349 e.